The van der Waals surface area contributed by atoms with Gasteiger partial charge in [-0.15, -0.1) is 0 Å². The van der Waals surface area contributed by atoms with Crippen LogP contribution in [0.15, 0.2) is 18.2 Å². The zero-order valence-electron chi connectivity index (χ0n) is 17.2. The monoisotopic (exact) mass is 407 g/mol. The fourth-order valence-corrected chi connectivity index (χ4v) is 3.63. The van der Waals surface area contributed by atoms with E-state index in [1.54, 1.807) is 4.90 Å². The van der Waals surface area contributed by atoms with E-state index < -0.39 is 11.8 Å². The molecule has 3 rings (SSSR count). The van der Waals surface area contributed by atoms with Crippen molar-refractivity contribution in [2.24, 2.45) is 0 Å². The maximum absolute atomic E-state index is 13.8. The Labute approximate surface area is 171 Å². The second-order valence-corrected chi connectivity index (χ2v) is 7.84. The maximum Gasteiger partial charge on any atom is 0.322 e. The Bertz CT molecular complexity index is 716. The van der Waals surface area contributed by atoms with Crippen LogP contribution in [0, 0.1) is 5.82 Å². The molecule has 29 heavy (non-hydrogen) atoms. The Morgan fingerprint density at radius 1 is 1.31 bits per heavy atom. The minimum atomic E-state index is -0.477. The topological polar surface area (TPSA) is 71.1 Å². The van der Waals surface area contributed by atoms with Crippen LogP contribution in [0.3, 0.4) is 0 Å². The number of carbonyl (C=O) groups is 2. The van der Waals surface area contributed by atoms with Gasteiger partial charge in [0.2, 0.25) is 5.91 Å². The molecule has 2 aliphatic heterocycles. The largest absolute Gasteiger partial charge is 0.489 e. The van der Waals surface area contributed by atoms with Gasteiger partial charge in [-0.1, -0.05) is 0 Å². The number of anilines is 1. The lowest BCUT2D eigenvalue weighted by Gasteiger charge is -2.27. The van der Waals surface area contributed by atoms with Crippen molar-refractivity contribution in [1.29, 1.82) is 0 Å². The summed E-state index contributed by atoms with van der Waals surface area (Å²) in [6, 6.07) is 3.54. The number of hydrogen-bond donors (Lipinski definition) is 1. The highest BCUT2D eigenvalue weighted by atomic mass is 19.1. The first-order chi connectivity index (χ1) is 13.9. The van der Waals surface area contributed by atoms with Crippen LogP contribution in [-0.4, -0.2) is 66.7 Å². The van der Waals surface area contributed by atoms with Crippen LogP contribution in [0.1, 0.15) is 39.5 Å². The number of urea groups is 1. The molecule has 0 aromatic heterocycles. The van der Waals surface area contributed by atoms with Crippen molar-refractivity contribution in [3.05, 3.63) is 24.0 Å². The van der Waals surface area contributed by atoms with Crippen molar-refractivity contribution < 1.29 is 23.5 Å². The molecular weight excluding hydrogens is 377 g/mol. The van der Waals surface area contributed by atoms with Crippen molar-refractivity contribution in [2.75, 3.05) is 38.1 Å². The van der Waals surface area contributed by atoms with Crippen molar-refractivity contribution in [1.82, 2.24) is 9.80 Å². The van der Waals surface area contributed by atoms with Crippen LogP contribution in [0.25, 0.3) is 0 Å². The summed E-state index contributed by atoms with van der Waals surface area (Å²) in [6.07, 6.45) is 3.55. The lowest BCUT2D eigenvalue weighted by Crippen LogP contribution is -2.46. The van der Waals surface area contributed by atoms with E-state index in [0.717, 1.165) is 38.8 Å². The van der Waals surface area contributed by atoms with Crippen molar-refractivity contribution in [2.45, 2.75) is 51.7 Å². The minimum Gasteiger partial charge on any atom is -0.489 e. The van der Waals surface area contributed by atoms with Gasteiger partial charge in [0.05, 0.1) is 17.9 Å². The third-order valence-electron chi connectivity index (χ3n) is 5.07. The van der Waals surface area contributed by atoms with Gasteiger partial charge in [-0.3, -0.25) is 4.79 Å². The van der Waals surface area contributed by atoms with Gasteiger partial charge in [0.15, 0.2) is 0 Å². The van der Waals surface area contributed by atoms with Crippen molar-refractivity contribution in [3.8, 4) is 5.75 Å². The smallest absolute Gasteiger partial charge is 0.322 e. The molecule has 0 spiro atoms. The average molecular weight is 407 g/mol. The predicted octanol–water partition coefficient (Wildman–Crippen LogP) is 3.25. The number of carbonyl (C=O) groups excluding carboxylic acids is 2. The van der Waals surface area contributed by atoms with E-state index in [4.69, 9.17) is 9.47 Å². The quantitative estimate of drug-likeness (QED) is 0.753. The Morgan fingerprint density at radius 2 is 2.07 bits per heavy atom. The molecule has 1 N–H and O–H groups in total. The number of hydrogen-bond acceptors (Lipinski definition) is 4. The molecule has 2 heterocycles. The summed E-state index contributed by atoms with van der Waals surface area (Å²) in [4.78, 5) is 28.9. The number of rotatable bonds is 7. The highest BCUT2D eigenvalue weighted by Gasteiger charge is 2.28. The summed E-state index contributed by atoms with van der Waals surface area (Å²) in [5.74, 6) is -0.165. The molecule has 7 nitrogen and oxygen atoms in total. The average Bonchev–Trinajstić information content (AvgIpc) is 3.36. The van der Waals surface area contributed by atoms with E-state index in [1.165, 1.54) is 23.1 Å². The Morgan fingerprint density at radius 3 is 2.72 bits per heavy atom. The third-order valence-corrected chi connectivity index (χ3v) is 5.07. The number of benzene rings is 1. The summed E-state index contributed by atoms with van der Waals surface area (Å²) in [7, 11) is 0. The van der Waals surface area contributed by atoms with Gasteiger partial charge in [0, 0.05) is 32.3 Å². The maximum atomic E-state index is 13.8. The zero-order valence-corrected chi connectivity index (χ0v) is 17.2. The molecule has 0 bridgehead atoms. The number of ether oxygens (including phenoxy) is 2. The fraction of sp³-hybridized carbons (Fsp3) is 0.619. The van der Waals surface area contributed by atoms with Crippen LogP contribution in [0.4, 0.5) is 14.9 Å². The predicted molar refractivity (Wildman–Crippen MR) is 108 cm³/mol. The molecule has 0 radical (unpaired) electrons. The molecule has 2 saturated heterocycles. The number of likely N-dealkylation sites (tertiary alicyclic amines) is 1. The molecule has 2 aliphatic rings. The van der Waals surface area contributed by atoms with Crippen LogP contribution in [0.5, 0.6) is 5.75 Å². The first kappa shape index (κ1) is 21.4. The van der Waals surface area contributed by atoms with Gasteiger partial charge in [-0.2, -0.15) is 0 Å². The third kappa shape index (κ3) is 6.06. The first-order valence-electron chi connectivity index (χ1n) is 10.3. The number of amides is 3. The molecule has 2 fully saturated rings. The van der Waals surface area contributed by atoms with E-state index in [-0.39, 0.29) is 30.3 Å². The number of nitrogens with zero attached hydrogens (tertiary/aromatic N) is 2. The van der Waals surface area contributed by atoms with Crippen LogP contribution < -0.4 is 10.1 Å². The molecule has 0 aliphatic carbocycles. The summed E-state index contributed by atoms with van der Waals surface area (Å²) in [6.45, 7) is 6.12. The standard InChI is InChI=1S/C21H30FN3O4/c1-15(2)29-19-8-7-16(22)12-18(19)23-21(27)25(13-17-6-5-11-28-17)14-20(26)24-9-3-4-10-24/h7-8,12,15,17H,3-6,9-11,13-14H2,1-2H3,(H,23,27)/t17-/m0/s1. The van der Waals surface area contributed by atoms with E-state index in [1.807, 2.05) is 13.8 Å². The molecule has 1 atom stereocenters. The molecule has 3 amide bonds. The van der Waals surface area contributed by atoms with Gasteiger partial charge in [0.1, 0.15) is 18.1 Å². The summed E-state index contributed by atoms with van der Waals surface area (Å²) < 4.78 is 25.1. The van der Waals surface area contributed by atoms with E-state index in [9.17, 15) is 14.0 Å². The molecule has 0 unspecified atom stereocenters. The second kappa shape index (κ2) is 9.91. The number of halogens is 1. The lowest BCUT2D eigenvalue weighted by molar-refractivity contribution is -0.130. The molecule has 1 aromatic rings. The lowest BCUT2D eigenvalue weighted by atomic mass is 10.2. The summed E-state index contributed by atoms with van der Waals surface area (Å²) >= 11 is 0. The van der Waals surface area contributed by atoms with E-state index in [0.29, 0.717) is 18.9 Å². The second-order valence-electron chi connectivity index (χ2n) is 7.84. The summed E-state index contributed by atoms with van der Waals surface area (Å²) in [5.41, 5.74) is 0.245. The van der Waals surface area contributed by atoms with Crippen LogP contribution in [0.2, 0.25) is 0 Å². The molecular formula is C21H30FN3O4. The Balaban J connectivity index is 1.73. The highest BCUT2D eigenvalue weighted by molar-refractivity contribution is 5.93. The van der Waals surface area contributed by atoms with Gasteiger partial charge in [-0.25, -0.2) is 9.18 Å². The van der Waals surface area contributed by atoms with Gasteiger partial charge in [-0.05, 0) is 51.7 Å². The first-order valence-corrected chi connectivity index (χ1v) is 10.3. The molecule has 160 valence electrons. The zero-order chi connectivity index (χ0) is 20.8. The van der Waals surface area contributed by atoms with Gasteiger partial charge < -0.3 is 24.6 Å². The summed E-state index contributed by atoms with van der Waals surface area (Å²) in [5, 5.41) is 2.72. The van der Waals surface area contributed by atoms with Gasteiger partial charge >= 0.3 is 6.03 Å². The van der Waals surface area contributed by atoms with Gasteiger partial charge in [0.25, 0.3) is 0 Å². The van der Waals surface area contributed by atoms with Crippen molar-refractivity contribution >= 4 is 17.6 Å². The SMILES string of the molecule is CC(C)Oc1ccc(F)cc1NC(=O)N(CC(=O)N1CCCC1)C[C@@H]1CCCO1. The Kier molecular flexibility index (Phi) is 7.30. The van der Waals surface area contributed by atoms with E-state index in [2.05, 4.69) is 5.32 Å². The van der Waals surface area contributed by atoms with Crippen LogP contribution in [-0.2, 0) is 9.53 Å². The molecule has 1 aromatic carbocycles. The fourth-order valence-electron chi connectivity index (χ4n) is 3.63. The van der Waals surface area contributed by atoms with Crippen molar-refractivity contribution in [3.63, 3.8) is 0 Å². The number of nitrogens with one attached hydrogen (secondary N) is 1. The normalized spacial score (nSPS) is 18.9. The minimum absolute atomic E-state index is 0.0264. The molecule has 0 saturated carbocycles. The highest BCUT2D eigenvalue weighted by Crippen LogP contribution is 2.27. The van der Waals surface area contributed by atoms with E-state index >= 15 is 0 Å². The molecule has 8 heteroatoms. The van der Waals surface area contributed by atoms with Crippen LogP contribution >= 0.6 is 0 Å². The Hall–Kier alpha value is -2.35.